The second kappa shape index (κ2) is 7.72. The molecule has 1 aromatic heterocycles. The normalized spacial score (nSPS) is 21.9. The lowest BCUT2D eigenvalue weighted by atomic mass is 10.2. The Balaban J connectivity index is 1.93. The Labute approximate surface area is 126 Å². The van der Waals surface area contributed by atoms with Gasteiger partial charge in [-0.2, -0.15) is 16.7 Å². The third kappa shape index (κ3) is 4.54. The molecular formula is C15H25N3OS. The van der Waals surface area contributed by atoms with Gasteiger partial charge in [0.15, 0.2) is 0 Å². The predicted octanol–water partition coefficient (Wildman–Crippen LogP) is 3.66. The van der Waals surface area contributed by atoms with Crippen molar-refractivity contribution in [2.75, 3.05) is 17.7 Å². The summed E-state index contributed by atoms with van der Waals surface area (Å²) in [5.41, 5.74) is 0.950. The van der Waals surface area contributed by atoms with Crippen molar-refractivity contribution in [3.05, 3.63) is 11.8 Å². The monoisotopic (exact) mass is 295 g/mol. The lowest BCUT2D eigenvalue weighted by Crippen LogP contribution is -2.18. The summed E-state index contributed by atoms with van der Waals surface area (Å²) in [6.07, 6.45) is 4.70. The van der Waals surface area contributed by atoms with Crippen LogP contribution in [0.25, 0.3) is 0 Å². The summed E-state index contributed by atoms with van der Waals surface area (Å²) in [5, 5.41) is 4.26. The molecule has 112 valence electrons. The van der Waals surface area contributed by atoms with Crippen LogP contribution in [0.1, 0.15) is 45.2 Å². The topological polar surface area (TPSA) is 47.0 Å². The van der Waals surface area contributed by atoms with Crippen LogP contribution in [0.15, 0.2) is 6.07 Å². The molecule has 0 spiro atoms. The van der Waals surface area contributed by atoms with E-state index in [-0.39, 0.29) is 0 Å². The van der Waals surface area contributed by atoms with Gasteiger partial charge in [-0.3, -0.25) is 0 Å². The first-order valence-corrected chi connectivity index (χ1v) is 8.62. The highest BCUT2D eigenvalue weighted by Crippen LogP contribution is 2.31. The fourth-order valence-corrected chi connectivity index (χ4v) is 3.67. The molecule has 20 heavy (non-hydrogen) atoms. The van der Waals surface area contributed by atoms with Crippen molar-refractivity contribution >= 4 is 17.7 Å². The summed E-state index contributed by atoms with van der Waals surface area (Å²) in [6.45, 7) is 7.01. The molecule has 1 saturated carbocycles. The number of hydrogen-bond acceptors (Lipinski definition) is 5. The van der Waals surface area contributed by atoms with E-state index in [0.717, 1.165) is 17.4 Å². The number of nitrogens with zero attached hydrogens (tertiary/aromatic N) is 2. The quantitative estimate of drug-likeness (QED) is 0.832. The Morgan fingerprint density at radius 1 is 1.35 bits per heavy atom. The maximum Gasteiger partial charge on any atom is 0.226 e. The SMILES string of the molecule is CCCOc1cc(C)nc(NC2CCC(SCC)C2)n1. The Kier molecular flexibility index (Phi) is 5.95. The minimum atomic E-state index is 0.500. The molecule has 1 fully saturated rings. The molecule has 0 aromatic carbocycles. The first-order chi connectivity index (χ1) is 9.71. The number of hydrogen-bond donors (Lipinski definition) is 1. The van der Waals surface area contributed by atoms with Crippen LogP contribution in [0.5, 0.6) is 5.88 Å². The van der Waals surface area contributed by atoms with E-state index in [2.05, 4.69) is 40.9 Å². The average molecular weight is 295 g/mol. The van der Waals surface area contributed by atoms with E-state index in [0.29, 0.717) is 24.5 Å². The molecule has 0 bridgehead atoms. The van der Waals surface area contributed by atoms with Gasteiger partial charge in [-0.25, -0.2) is 4.98 Å². The highest BCUT2D eigenvalue weighted by molar-refractivity contribution is 7.99. The van der Waals surface area contributed by atoms with Crippen LogP contribution < -0.4 is 10.1 Å². The van der Waals surface area contributed by atoms with Gasteiger partial charge in [0.25, 0.3) is 0 Å². The fraction of sp³-hybridized carbons (Fsp3) is 0.733. The molecule has 1 aromatic rings. The third-order valence-corrected chi connectivity index (χ3v) is 4.64. The molecular weight excluding hydrogens is 270 g/mol. The van der Waals surface area contributed by atoms with E-state index >= 15 is 0 Å². The zero-order valence-corrected chi connectivity index (χ0v) is 13.5. The van der Waals surface area contributed by atoms with Gasteiger partial charge in [0.2, 0.25) is 11.8 Å². The van der Waals surface area contributed by atoms with Gasteiger partial charge in [0.05, 0.1) is 6.61 Å². The van der Waals surface area contributed by atoms with Crippen molar-refractivity contribution in [3.8, 4) is 5.88 Å². The Morgan fingerprint density at radius 3 is 2.95 bits per heavy atom. The summed E-state index contributed by atoms with van der Waals surface area (Å²) in [6, 6.07) is 2.39. The van der Waals surface area contributed by atoms with Gasteiger partial charge < -0.3 is 10.1 Å². The van der Waals surface area contributed by atoms with Crippen molar-refractivity contribution < 1.29 is 4.74 Å². The minimum Gasteiger partial charge on any atom is -0.478 e. The first-order valence-electron chi connectivity index (χ1n) is 7.57. The van der Waals surface area contributed by atoms with Crippen LogP contribution in [-0.2, 0) is 0 Å². The molecule has 0 amide bonds. The van der Waals surface area contributed by atoms with Crippen molar-refractivity contribution in [2.45, 2.75) is 57.7 Å². The molecule has 5 heteroatoms. The lowest BCUT2D eigenvalue weighted by Gasteiger charge is -2.14. The molecule has 2 atom stereocenters. The largest absolute Gasteiger partial charge is 0.478 e. The highest BCUT2D eigenvalue weighted by Gasteiger charge is 2.25. The van der Waals surface area contributed by atoms with E-state index in [4.69, 9.17) is 4.74 Å². The molecule has 2 unspecified atom stereocenters. The van der Waals surface area contributed by atoms with Gasteiger partial charge in [-0.15, -0.1) is 0 Å². The van der Waals surface area contributed by atoms with Crippen molar-refractivity contribution in [1.29, 1.82) is 0 Å². The van der Waals surface area contributed by atoms with Gasteiger partial charge in [0.1, 0.15) is 0 Å². The predicted molar refractivity (Wildman–Crippen MR) is 85.7 cm³/mol. The molecule has 1 N–H and O–H groups in total. The molecule has 1 aliphatic carbocycles. The number of aromatic nitrogens is 2. The molecule has 4 nitrogen and oxygen atoms in total. The number of thioether (sulfide) groups is 1. The maximum absolute atomic E-state index is 5.61. The average Bonchev–Trinajstić information content (AvgIpc) is 2.83. The minimum absolute atomic E-state index is 0.500. The Hall–Kier alpha value is -0.970. The third-order valence-electron chi connectivity index (χ3n) is 3.40. The van der Waals surface area contributed by atoms with Crippen LogP contribution in [0.3, 0.4) is 0 Å². The number of rotatable bonds is 7. The van der Waals surface area contributed by atoms with E-state index in [9.17, 15) is 0 Å². The molecule has 1 heterocycles. The second-order valence-electron chi connectivity index (χ2n) is 5.25. The van der Waals surface area contributed by atoms with Crippen LogP contribution in [-0.4, -0.2) is 33.6 Å². The summed E-state index contributed by atoms with van der Waals surface area (Å²) < 4.78 is 5.61. The van der Waals surface area contributed by atoms with E-state index < -0.39 is 0 Å². The molecule has 0 aliphatic heterocycles. The van der Waals surface area contributed by atoms with Gasteiger partial charge in [-0.1, -0.05) is 13.8 Å². The zero-order valence-electron chi connectivity index (χ0n) is 12.7. The van der Waals surface area contributed by atoms with E-state index in [1.54, 1.807) is 0 Å². The molecule has 2 rings (SSSR count). The number of nitrogens with one attached hydrogen (secondary N) is 1. The van der Waals surface area contributed by atoms with E-state index in [1.807, 2.05) is 13.0 Å². The van der Waals surface area contributed by atoms with Crippen molar-refractivity contribution in [3.63, 3.8) is 0 Å². The summed E-state index contributed by atoms with van der Waals surface area (Å²) >= 11 is 2.07. The van der Waals surface area contributed by atoms with E-state index in [1.165, 1.54) is 25.0 Å². The van der Waals surface area contributed by atoms with Crippen LogP contribution in [0.4, 0.5) is 5.95 Å². The van der Waals surface area contributed by atoms with Crippen LogP contribution in [0, 0.1) is 6.92 Å². The molecule has 1 aliphatic rings. The lowest BCUT2D eigenvalue weighted by molar-refractivity contribution is 0.305. The Morgan fingerprint density at radius 2 is 2.20 bits per heavy atom. The van der Waals surface area contributed by atoms with Crippen molar-refractivity contribution in [2.24, 2.45) is 0 Å². The zero-order chi connectivity index (χ0) is 14.4. The first kappa shape index (κ1) is 15.4. The smallest absolute Gasteiger partial charge is 0.226 e. The maximum atomic E-state index is 5.61. The number of ether oxygens (including phenoxy) is 1. The Bertz CT molecular complexity index is 428. The molecule has 0 radical (unpaired) electrons. The molecule has 0 saturated heterocycles. The standard InChI is InChI=1S/C15H25N3OS/c1-4-8-19-14-9-11(3)16-15(18-14)17-12-6-7-13(10-12)20-5-2/h9,12-13H,4-8,10H2,1-3H3,(H,16,17,18). The van der Waals surface area contributed by atoms with Gasteiger partial charge >= 0.3 is 0 Å². The fourth-order valence-electron chi connectivity index (χ4n) is 2.53. The second-order valence-corrected chi connectivity index (χ2v) is 6.83. The highest BCUT2D eigenvalue weighted by atomic mass is 32.2. The summed E-state index contributed by atoms with van der Waals surface area (Å²) in [7, 11) is 0. The van der Waals surface area contributed by atoms with Crippen molar-refractivity contribution in [1.82, 2.24) is 9.97 Å². The van der Waals surface area contributed by atoms with Gasteiger partial charge in [-0.05, 0) is 38.4 Å². The van der Waals surface area contributed by atoms with Crippen LogP contribution in [0.2, 0.25) is 0 Å². The number of anilines is 1. The van der Waals surface area contributed by atoms with Gasteiger partial charge in [0, 0.05) is 23.1 Å². The number of aryl methyl sites for hydroxylation is 1. The van der Waals surface area contributed by atoms with Crippen LogP contribution >= 0.6 is 11.8 Å². The summed E-state index contributed by atoms with van der Waals surface area (Å²) in [4.78, 5) is 8.92. The summed E-state index contributed by atoms with van der Waals surface area (Å²) in [5.74, 6) is 2.59.